The molecule has 0 spiro atoms. The van der Waals surface area contributed by atoms with E-state index in [0.29, 0.717) is 34.5 Å². The summed E-state index contributed by atoms with van der Waals surface area (Å²) in [6.45, 7) is 10.1. The molecule has 0 radical (unpaired) electrons. The van der Waals surface area contributed by atoms with Crippen LogP contribution in [-0.4, -0.2) is 67.7 Å². The topological polar surface area (TPSA) is 120 Å². The molecule has 2 aromatic rings. The molecule has 2 aromatic heterocycles. The van der Waals surface area contributed by atoms with E-state index in [9.17, 15) is 15.3 Å². The van der Waals surface area contributed by atoms with Crippen molar-refractivity contribution < 1.29 is 20.1 Å². The van der Waals surface area contributed by atoms with Crippen LogP contribution in [0.15, 0.2) is 40.5 Å². The van der Waals surface area contributed by atoms with Gasteiger partial charge < -0.3 is 0 Å². The normalized spacial score (nSPS) is 13.5. The molecule has 0 aromatic carbocycles. The van der Waals surface area contributed by atoms with E-state index in [1.165, 1.54) is 11.8 Å². The molecule has 0 saturated heterocycles. The van der Waals surface area contributed by atoms with E-state index in [0.717, 1.165) is 10.6 Å². The van der Waals surface area contributed by atoms with Crippen molar-refractivity contribution in [2.75, 3.05) is 12.4 Å². The fraction of sp³-hybridized carbons (Fsp3) is 0.429. The van der Waals surface area contributed by atoms with E-state index in [-0.39, 0.29) is 0 Å². The number of aromatic nitrogens is 2. The number of pyridine rings is 2. The van der Waals surface area contributed by atoms with Gasteiger partial charge in [0.05, 0.1) is 0 Å². The molecule has 0 bridgehead atoms. The molecule has 166 valence electrons. The average Bonchev–Trinajstić information content (AvgIpc) is 2.72. The first-order valence-corrected chi connectivity index (χ1v) is 10.8. The van der Waals surface area contributed by atoms with Crippen LogP contribution in [0, 0.1) is 6.92 Å². The molecule has 2 rings (SSSR count). The van der Waals surface area contributed by atoms with Crippen molar-refractivity contribution >= 4 is 35.9 Å². The summed E-state index contributed by atoms with van der Waals surface area (Å²) in [7, 11) is 0. The summed E-state index contributed by atoms with van der Waals surface area (Å²) in [5.74, 6) is 2.32. The molecule has 2 heterocycles. The first-order valence-electron chi connectivity index (χ1n) is 9.85. The summed E-state index contributed by atoms with van der Waals surface area (Å²) < 4.78 is 6.07. The number of hydrogen-bond donors (Lipinski definition) is 4. The third kappa shape index (κ3) is 8.06. The zero-order valence-corrected chi connectivity index (χ0v) is 19.3. The third-order valence-electron chi connectivity index (χ3n) is 4.02. The first kappa shape index (κ1) is 25.0. The Morgan fingerprint density at radius 2 is 2.10 bits per heavy atom. The zero-order chi connectivity index (χ0) is 23.0. The van der Waals surface area contributed by atoms with Gasteiger partial charge in [0.15, 0.2) is 0 Å². The number of nitrogens with zero attached hydrogens (tertiary/aromatic N) is 3. The van der Waals surface area contributed by atoms with Crippen LogP contribution >= 0.6 is 11.8 Å². The number of rotatable bonds is 9. The van der Waals surface area contributed by atoms with Crippen LogP contribution in [0.2, 0.25) is 6.82 Å². The van der Waals surface area contributed by atoms with E-state index < -0.39 is 18.3 Å². The number of aliphatic hydroxyl groups excluding tert-OH is 2. The van der Waals surface area contributed by atoms with E-state index in [1.54, 1.807) is 53.0 Å². The van der Waals surface area contributed by atoms with Crippen LogP contribution in [0.25, 0.3) is 0 Å². The fourth-order valence-corrected chi connectivity index (χ4v) is 3.29. The number of amidine groups is 1. The zero-order valence-electron chi connectivity index (χ0n) is 18.5. The molecule has 1 unspecified atom stereocenters. The first-order chi connectivity index (χ1) is 14.6. The molecule has 4 N–H and O–H groups in total. The van der Waals surface area contributed by atoms with Gasteiger partial charge in [-0.3, -0.25) is 0 Å². The SMILES string of the molecule is CB=C(N/C(C)=N/c1ncc(SCC(C)(C)O)cc1Oc1cccnc1C)C(O)CO. The Morgan fingerprint density at radius 3 is 2.71 bits per heavy atom. The van der Waals surface area contributed by atoms with Crippen molar-refractivity contribution in [3.05, 3.63) is 36.3 Å². The van der Waals surface area contributed by atoms with Crippen LogP contribution in [0.1, 0.15) is 26.5 Å². The Kier molecular flexibility index (Phi) is 9.18. The minimum absolute atomic E-state index is 0.342. The van der Waals surface area contributed by atoms with Gasteiger partial charge in [-0.15, -0.1) is 0 Å². The monoisotopic (exact) mass is 444 g/mol. The molecule has 0 aliphatic carbocycles. The molecule has 8 nitrogen and oxygen atoms in total. The van der Waals surface area contributed by atoms with Gasteiger partial charge in [-0.1, -0.05) is 0 Å². The second kappa shape index (κ2) is 11.4. The molecular formula is C21H29BN4O4S. The van der Waals surface area contributed by atoms with Crippen molar-refractivity contribution in [1.82, 2.24) is 15.3 Å². The number of aryl methyl sites for hydroxylation is 1. The number of hydrogen-bond acceptors (Lipinski definition) is 8. The van der Waals surface area contributed by atoms with Crippen molar-refractivity contribution in [3.8, 4) is 11.5 Å². The van der Waals surface area contributed by atoms with Gasteiger partial charge in [0.25, 0.3) is 0 Å². The number of aliphatic hydroxyl groups is 3. The molecule has 0 aliphatic heterocycles. The molecule has 0 aliphatic rings. The van der Waals surface area contributed by atoms with Crippen LogP contribution in [0.5, 0.6) is 11.5 Å². The van der Waals surface area contributed by atoms with Crippen molar-refractivity contribution in [1.29, 1.82) is 0 Å². The summed E-state index contributed by atoms with van der Waals surface area (Å²) in [5.41, 5.74) is 0.343. The van der Waals surface area contributed by atoms with Crippen LogP contribution in [0.4, 0.5) is 5.82 Å². The number of aliphatic imine (C=N–C) groups is 1. The van der Waals surface area contributed by atoms with Crippen LogP contribution in [0.3, 0.4) is 0 Å². The Morgan fingerprint density at radius 1 is 1.35 bits per heavy atom. The third-order valence-corrected chi connectivity index (χ3v) is 5.43. The Labute approximate surface area is 187 Å². The Balaban J connectivity index is 2.37. The second-order valence-corrected chi connectivity index (χ2v) is 8.60. The second-order valence-electron chi connectivity index (χ2n) is 7.55. The molecule has 0 fully saturated rings. The maximum atomic E-state index is 10.0. The fourth-order valence-electron chi connectivity index (χ4n) is 2.46. The molecule has 1 atom stereocenters. The van der Waals surface area contributed by atoms with Crippen LogP contribution in [-0.2, 0) is 0 Å². The predicted octanol–water partition coefficient (Wildman–Crippen LogP) is 2.32. The van der Waals surface area contributed by atoms with Crippen molar-refractivity contribution in [2.24, 2.45) is 4.99 Å². The summed E-state index contributed by atoms with van der Waals surface area (Å²) in [5, 5.41) is 32.0. The van der Waals surface area contributed by atoms with Gasteiger partial charge in [-0.25, -0.2) is 0 Å². The predicted molar refractivity (Wildman–Crippen MR) is 126 cm³/mol. The Bertz CT molecular complexity index is 947. The molecular weight excluding hydrogens is 415 g/mol. The van der Waals surface area contributed by atoms with Gasteiger partial charge in [0.2, 0.25) is 0 Å². The summed E-state index contributed by atoms with van der Waals surface area (Å²) in [6, 6.07) is 5.42. The van der Waals surface area contributed by atoms with Gasteiger partial charge in [0.1, 0.15) is 0 Å². The van der Waals surface area contributed by atoms with Crippen molar-refractivity contribution in [2.45, 2.75) is 51.1 Å². The van der Waals surface area contributed by atoms with Gasteiger partial charge in [-0.2, -0.15) is 0 Å². The maximum absolute atomic E-state index is 10.0. The van der Waals surface area contributed by atoms with E-state index >= 15 is 0 Å². The standard InChI is InChI=1S/C21H29BN4O4S/c1-13-17(7-6-8-23-13)30-18-9-15(31-12-21(3,4)29)10-24-20(18)26-14(2)25-19(22-5)16(28)11-27/h6-10,16,27-29H,11-12H2,1-5H3,(H,24,25,26). The minimum atomic E-state index is -1.03. The Hall–Kier alpha value is -2.27. The van der Waals surface area contributed by atoms with Gasteiger partial charge in [-0.05, 0) is 0 Å². The number of nitrogens with one attached hydrogen (secondary N) is 1. The van der Waals surface area contributed by atoms with Crippen molar-refractivity contribution in [3.63, 3.8) is 0 Å². The van der Waals surface area contributed by atoms with Gasteiger partial charge >= 0.3 is 188 Å². The van der Waals surface area contributed by atoms with E-state index in [4.69, 9.17) is 4.74 Å². The number of ether oxygens (including phenoxy) is 1. The van der Waals surface area contributed by atoms with Crippen LogP contribution < -0.4 is 10.1 Å². The molecule has 0 saturated carbocycles. The summed E-state index contributed by atoms with van der Waals surface area (Å²) in [4.78, 5) is 14.0. The van der Waals surface area contributed by atoms with E-state index in [1.807, 2.05) is 19.1 Å². The van der Waals surface area contributed by atoms with Gasteiger partial charge in [0, 0.05) is 0 Å². The van der Waals surface area contributed by atoms with E-state index in [2.05, 4.69) is 20.3 Å². The average molecular weight is 444 g/mol. The number of thioether (sulfide) groups is 1. The quantitative estimate of drug-likeness (QED) is 0.201. The molecule has 31 heavy (non-hydrogen) atoms. The molecule has 0 amide bonds. The molecule has 10 heteroatoms. The summed E-state index contributed by atoms with van der Waals surface area (Å²) >= 11 is 1.46. The summed E-state index contributed by atoms with van der Waals surface area (Å²) in [6.07, 6.45) is 2.33.